The molecule has 0 unspecified atom stereocenters. The van der Waals surface area contributed by atoms with Crippen molar-refractivity contribution in [1.29, 1.82) is 0 Å². The first kappa shape index (κ1) is 10.8. The van der Waals surface area contributed by atoms with Crippen molar-refractivity contribution in [3.8, 4) is 0 Å². The Bertz CT molecular complexity index is 423. The summed E-state index contributed by atoms with van der Waals surface area (Å²) in [6.45, 7) is 2.00. The predicted octanol–water partition coefficient (Wildman–Crippen LogP) is 2.31. The molecule has 1 aliphatic rings. The molecule has 0 atom stereocenters. The Morgan fingerprint density at radius 3 is 2.50 bits per heavy atom. The number of rotatable bonds is 2. The molecular weight excluding hydrogens is 204 g/mol. The zero-order valence-electron chi connectivity index (χ0n) is 9.22. The van der Waals surface area contributed by atoms with E-state index in [9.17, 15) is 10.1 Å². The molecule has 0 bridgehead atoms. The van der Waals surface area contributed by atoms with Crippen molar-refractivity contribution in [2.24, 2.45) is 0 Å². The van der Waals surface area contributed by atoms with Gasteiger partial charge in [0.1, 0.15) is 0 Å². The lowest BCUT2D eigenvalue weighted by molar-refractivity contribution is -0.384. The highest BCUT2D eigenvalue weighted by atomic mass is 16.6. The predicted molar refractivity (Wildman–Crippen MR) is 63.2 cm³/mol. The summed E-state index contributed by atoms with van der Waals surface area (Å²) in [4.78, 5) is 12.4. The maximum Gasteiger partial charge on any atom is 0.269 e. The van der Waals surface area contributed by atoms with Gasteiger partial charge in [-0.1, -0.05) is 6.08 Å². The van der Waals surface area contributed by atoms with Crippen molar-refractivity contribution >= 4 is 11.3 Å². The van der Waals surface area contributed by atoms with Gasteiger partial charge in [-0.25, -0.2) is 0 Å². The number of hydrogen-bond acceptors (Lipinski definition) is 3. The van der Waals surface area contributed by atoms with Crippen molar-refractivity contribution in [1.82, 2.24) is 4.90 Å². The van der Waals surface area contributed by atoms with Gasteiger partial charge in [-0.15, -0.1) is 0 Å². The van der Waals surface area contributed by atoms with Crippen LogP contribution in [0.4, 0.5) is 5.69 Å². The van der Waals surface area contributed by atoms with Crippen LogP contribution in [-0.4, -0.2) is 30.0 Å². The molecule has 0 saturated heterocycles. The zero-order chi connectivity index (χ0) is 11.5. The minimum absolute atomic E-state index is 0.150. The van der Waals surface area contributed by atoms with Crippen molar-refractivity contribution in [3.05, 3.63) is 46.0 Å². The Morgan fingerprint density at radius 2 is 2.00 bits per heavy atom. The lowest BCUT2D eigenvalue weighted by Gasteiger charge is -2.21. The molecule has 1 aromatic carbocycles. The standard InChI is InChI=1S/C12H14N2O2/c1-13-8-6-11(7-9-13)10-2-4-12(5-3-10)14(15)16/h2-6H,7-9H2,1H3. The van der Waals surface area contributed by atoms with E-state index < -0.39 is 0 Å². The van der Waals surface area contributed by atoms with Gasteiger partial charge in [-0.05, 0) is 36.7 Å². The first-order valence-corrected chi connectivity index (χ1v) is 5.29. The van der Waals surface area contributed by atoms with Crippen LogP contribution in [0.25, 0.3) is 5.57 Å². The van der Waals surface area contributed by atoms with Gasteiger partial charge in [-0.3, -0.25) is 10.1 Å². The van der Waals surface area contributed by atoms with E-state index in [-0.39, 0.29) is 10.6 Å². The van der Waals surface area contributed by atoms with E-state index in [1.165, 1.54) is 5.57 Å². The maximum atomic E-state index is 10.5. The molecule has 4 heteroatoms. The summed E-state index contributed by atoms with van der Waals surface area (Å²) in [5, 5.41) is 10.5. The van der Waals surface area contributed by atoms with E-state index in [0.29, 0.717) is 0 Å². The summed E-state index contributed by atoms with van der Waals surface area (Å²) >= 11 is 0. The summed E-state index contributed by atoms with van der Waals surface area (Å²) in [6.07, 6.45) is 3.19. The van der Waals surface area contributed by atoms with Gasteiger partial charge in [0, 0.05) is 25.2 Å². The van der Waals surface area contributed by atoms with Crippen LogP contribution in [-0.2, 0) is 0 Å². The molecule has 0 saturated carbocycles. The van der Waals surface area contributed by atoms with E-state index in [2.05, 4.69) is 18.0 Å². The van der Waals surface area contributed by atoms with Gasteiger partial charge in [0.15, 0.2) is 0 Å². The van der Waals surface area contributed by atoms with Gasteiger partial charge in [0.05, 0.1) is 4.92 Å². The molecule has 1 heterocycles. The van der Waals surface area contributed by atoms with Gasteiger partial charge in [0.2, 0.25) is 0 Å². The smallest absolute Gasteiger partial charge is 0.269 e. The highest BCUT2D eigenvalue weighted by molar-refractivity contribution is 5.67. The number of nitrogens with zero attached hydrogens (tertiary/aromatic N) is 2. The van der Waals surface area contributed by atoms with Crippen LogP contribution in [0, 0.1) is 10.1 Å². The second kappa shape index (κ2) is 4.45. The lowest BCUT2D eigenvalue weighted by Crippen LogP contribution is -2.23. The van der Waals surface area contributed by atoms with Gasteiger partial charge >= 0.3 is 0 Å². The van der Waals surface area contributed by atoms with Gasteiger partial charge < -0.3 is 4.90 Å². The molecular formula is C12H14N2O2. The van der Waals surface area contributed by atoms with Crippen LogP contribution in [0.3, 0.4) is 0 Å². The molecule has 0 radical (unpaired) electrons. The van der Waals surface area contributed by atoms with Crippen LogP contribution >= 0.6 is 0 Å². The van der Waals surface area contributed by atoms with Crippen LogP contribution in [0.1, 0.15) is 12.0 Å². The molecule has 0 amide bonds. The fourth-order valence-corrected chi connectivity index (χ4v) is 1.83. The molecule has 2 rings (SSSR count). The summed E-state index contributed by atoms with van der Waals surface area (Å²) in [7, 11) is 2.09. The third-order valence-electron chi connectivity index (χ3n) is 2.86. The average molecular weight is 218 g/mol. The minimum atomic E-state index is -0.368. The maximum absolute atomic E-state index is 10.5. The molecule has 1 aliphatic heterocycles. The number of nitro groups is 1. The fraction of sp³-hybridized carbons (Fsp3) is 0.333. The van der Waals surface area contributed by atoms with Crippen molar-refractivity contribution in [3.63, 3.8) is 0 Å². The zero-order valence-corrected chi connectivity index (χ0v) is 9.22. The average Bonchev–Trinajstić information content (AvgIpc) is 2.30. The summed E-state index contributed by atoms with van der Waals surface area (Å²) in [5.74, 6) is 0. The molecule has 16 heavy (non-hydrogen) atoms. The normalized spacial score (nSPS) is 16.9. The summed E-state index contributed by atoms with van der Waals surface area (Å²) in [6, 6.07) is 6.79. The number of benzene rings is 1. The summed E-state index contributed by atoms with van der Waals surface area (Å²) in [5.41, 5.74) is 2.53. The number of likely N-dealkylation sites (N-methyl/N-ethyl adjacent to an activating group) is 1. The van der Waals surface area contributed by atoms with E-state index in [1.54, 1.807) is 12.1 Å². The molecule has 0 fully saturated rings. The monoisotopic (exact) mass is 218 g/mol. The number of hydrogen-bond donors (Lipinski definition) is 0. The van der Waals surface area contributed by atoms with Crippen molar-refractivity contribution in [2.45, 2.75) is 6.42 Å². The fourth-order valence-electron chi connectivity index (χ4n) is 1.83. The van der Waals surface area contributed by atoms with Gasteiger partial charge in [-0.2, -0.15) is 0 Å². The third kappa shape index (κ3) is 2.28. The number of nitro benzene ring substituents is 1. The second-order valence-electron chi connectivity index (χ2n) is 4.05. The van der Waals surface area contributed by atoms with Crippen LogP contribution in [0.2, 0.25) is 0 Å². The molecule has 0 spiro atoms. The Balaban J connectivity index is 2.19. The second-order valence-corrected chi connectivity index (χ2v) is 4.05. The number of non-ortho nitro benzene ring substituents is 1. The van der Waals surface area contributed by atoms with Gasteiger partial charge in [0.25, 0.3) is 5.69 Å². The first-order valence-electron chi connectivity index (χ1n) is 5.29. The largest absolute Gasteiger partial charge is 0.302 e. The van der Waals surface area contributed by atoms with E-state index in [4.69, 9.17) is 0 Å². The molecule has 1 aromatic rings. The van der Waals surface area contributed by atoms with E-state index >= 15 is 0 Å². The van der Waals surface area contributed by atoms with Crippen LogP contribution in [0.15, 0.2) is 30.3 Å². The topological polar surface area (TPSA) is 46.4 Å². The Hall–Kier alpha value is -1.68. The van der Waals surface area contributed by atoms with Crippen LogP contribution in [0.5, 0.6) is 0 Å². The van der Waals surface area contributed by atoms with E-state index in [1.807, 2.05) is 12.1 Å². The first-order chi connectivity index (χ1) is 7.66. The highest BCUT2D eigenvalue weighted by Gasteiger charge is 2.11. The Kier molecular flexibility index (Phi) is 3.01. The molecule has 0 aromatic heterocycles. The van der Waals surface area contributed by atoms with Crippen LogP contribution < -0.4 is 0 Å². The minimum Gasteiger partial charge on any atom is -0.302 e. The molecule has 0 N–H and O–H groups in total. The Labute approximate surface area is 94.3 Å². The van der Waals surface area contributed by atoms with Crippen molar-refractivity contribution < 1.29 is 4.92 Å². The molecule has 4 nitrogen and oxygen atoms in total. The quantitative estimate of drug-likeness (QED) is 0.565. The SMILES string of the molecule is CN1CC=C(c2ccc([N+](=O)[O-])cc2)CC1. The summed E-state index contributed by atoms with van der Waals surface area (Å²) < 4.78 is 0. The molecule has 0 aliphatic carbocycles. The Morgan fingerprint density at radius 1 is 1.31 bits per heavy atom. The highest BCUT2D eigenvalue weighted by Crippen LogP contribution is 2.23. The third-order valence-corrected chi connectivity index (χ3v) is 2.86. The lowest BCUT2D eigenvalue weighted by atomic mass is 9.99. The molecule has 84 valence electrons. The van der Waals surface area contributed by atoms with E-state index in [0.717, 1.165) is 25.1 Å². The van der Waals surface area contributed by atoms with Crippen molar-refractivity contribution in [2.75, 3.05) is 20.1 Å².